The summed E-state index contributed by atoms with van der Waals surface area (Å²) >= 11 is 1.62. The van der Waals surface area contributed by atoms with Gasteiger partial charge in [-0.1, -0.05) is 81.4 Å². The maximum absolute atomic E-state index is 13.3. The molecule has 44 heavy (non-hydrogen) atoms. The Morgan fingerprint density at radius 1 is 0.795 bits per heavy atom. The highest BCUT2D eigenvalue weighted by Gasteiger charge is 2.27. The zero-order valence-corrected chi connectivity index (χ0v) is 30.0. The third-order valence-corrected chi connectivity index (χ3v) is 9.16. The molecule has 1 atom stereocenters. The van der Waals surface area contributed by atoms with Crippen molar-refractivity contribution in [2.75, 3.05) is 17.3 Å². The van der Waals surface area contributed by atoms with Crippen LogP contribution in [-0.4, -0.2) is 38.3 Å². The fourth-order valence-electron chi connectivity index (χ4n) is 5.09. The first-order valence-corrected chi connectivity index (χ1v) is 18.3. The molecule has 2 rings (SSSR count). The van der Waals surface area contributed by atoms with Gasteiger partial charge in [-0.05, 0) is 82.4 Å². The van der Waals surface area contributed by atoms with Gasteiger partial charge >= 0.3 is 10.3 Å². The molecule has 2 aromatic carbocycles. The van der Waals surface area contributed by atoms with Crippen LogP contribution in [0, 0.1) is 0 Å². The Labute approximate surface area is 269 Å². The maximum atomic E-state index is 13.3. The summed E-state index contributed by atoms with van der Waals surface area (Å²) in [5, 5.41) is 2.88. The largest absolute Gasteiger partial charge is 0.409 e. The summed E-state index contributed by atoms with van der Waals surface area (Å²) in [5.74, 6) is 0.308. The number of hydrogen-bond acceptors (Lipinski definition) is 7. The van der Waals surface area contributed by atoms with Gasteiger partial charge in [-0.25, -0.2) is 4.72 Å². The van der Waals surface area contributed by atoms with Gasteiger partial charge < -0.3 is 15.2 Å². The second-order valence-corrected chi connectivity index (χ2v) is 15.3. The van der Waals surface area contributed by atoms with E-state index in [0.717, 1.165) is 22.4 Å². The van der Waals surface area contributed by atoms with Crippen molar-refractivity contribution in [1.29, 1.82) is 0 Å². The van der Waals surface area contributed by atoms with E-state index in [4.69, 9.17) is 9.92 Å². The Morgan fingerprint density at radius 3 is 1.68 bits per heavy atom. The maximum Gasteiger partial charge on any atom is 0.409 e. The monoisotopic (exact) mass is 647 g/mol. The van der Waals surface area contributed by atoms with Crippen LogP contribution < -0.4 is 20.0 Å². The zero-order valence-electron chi connectivity index (χ0n) is 28.3. The Kier molecular flexibility index (Phi) is 13.8. The van der Waals surface area contributed by atoms with Gasteiger partial charge in [-0.2, -0.15) is 20.2 Å². The Balaban J connectivity index is 2.43. The molecule has 0 saturated carbocycles. The molecule has 0 radical (unpaired) electrons. The van der Waals surface area contributed by atoms with Crippen LogP contribution in [0.1, 0.15) is 139 Å². The van der Waals surface area contributed by atoms with Gasteiger partial charge in [-0.15, -0.1) is 0 Å². The second kappa shape index (κ2) is 16.1. The quantitative estimate of drug-likeness (QED) is 0.185. The molecule has 2 aromatic rings. The number of amides is 2. The summed E-state index contributed by atoms with van der Waals surface area (Å²) in [6.45, 7) is 20.2. The minimum absolute atomic E-state index is 0.0855. The van der Waals surface area contributed by atoms with Crippen molar-refractivity contribution in [2.45, 2.75) is 118 Å². The summed E-state index contributed by atoms with van der Waals surface area (Å²) in [6, 6.07) is 7.03. The molecule has 0 bridgehead atoms. The molecule has 2 amide bonds. The lowest BCUT2D eigenvalue weighted by Gasteiger charge is -2.23. The Bertz CT molecular complexity index is 1360. The molecule has 10 heteroatoms. The standard InChI is InChI=1S/C34H53N3O5S2/c1-19(2)24-14-26(20(3)4)30(27(15-24)21(5)6)18-32(38)37-44(40,41)42-33-28(22(7)8)16-25(17-29(33)23(9)10)36-34(39)31(35)12-13-43-11/h14-17,19-23,31H,12-13,18,35H2,1-11H3,(H,36,39)(H,37,38). The van der Waals surface area contributed by atoms with Gasteiger partial charge in [0, 0.05) is 16.8 Å². The number of nitrogens with one attached hydrogen (secondary N) is 2. The molecule has 8 nitrogen and oxygen atoms in total. The smallest absolute Gasteiger partial charge is 0.366 e. The number of nitrogens with two attached hydrogens (primary N) is 1. The summed E-state index contributed by atoms with van der Waals surface area (Å²) < 4.78 is 34.5. The van der Waals surface area contributed by atoms with Crippen LogP contribution in [0.5, 0.6) is 5.75 Å². The predicted molar refractivity (Wildman–Crippen MR) is 184 cm³/mol. The van der Waals surface area contributed by atoms with Crippen molar-refractivity contribution in [2.24, 2.45) is 5.73 Å². The molecular weight excluding hydrogens is 595 g/mol. The minimum atomic E-state index is -4.52. The first-order valence-electron chi connectivity index (χ1n) is 15.5. The first kappa shape index (κ1) is 37.6. The Hall–Kier alpha value is -2.56. The van der Waals surface area contributed by atoms with Crippen molar-refractivity contribution in [3.8, 4) is 5.75 Å². The number of hydrogen-bond donors (Lipinski definition) is 3. The number of carbonyl (C=O) groups is 2. The van der Waals surface area contributed by atoms with E-state index in [9.17, 15) is 18.0 Å². The highest BCUT2D eigenvalue weighted by molar-refractivity contribution is 7.98. The van der Waals surface area contributed by atoms with E-state index in [0.29, 0.717) is 29.2 Å². The summed E-state index contributed by atoms with van der Waals surface area (Å²) in [6.07, 6.45) is 2.41. The van der Waals surface area contributed by atoms with Crippen molar-refractivity contribution >= 4 is 39.6 Å². The number of rotatable bonds is 15. The summed E-state index contributed by atoms with van der Waals surface area (Å²) in [7, 11) is -4.52. The van der Waals surface area contributed by atoms with Gasteiger partial charge in [0.05, 0.1) is 12.5 Å². The van der Waals surface area contributed by atoms with Crippen LogP contribution >= 0.6 is 11.8 Å². The molecule has 0 aliphatic rings. The molecule has 0 aliphatic carbocycles. The van der Waals surface area contributed by atoms with Crippen molar-refractivity contribution in [3.63, 3.8) is 0 Å². The van der Waals surface area contributed by atoms with Crippen molar-refractivity contribution < 1.29 is 22.2 Å². The lowest BCUT2D eigenvalue weighted by molar-refractivity contribution is -0.119. The molecule has 0 fully saturated rings. The van der Waals surface area contributed by atoms with E-state index < -0.39 is 22.3 Å². The zero-order chi connectivity index (χ0) is 33.5. The highest BCUT2D eigenvalue weighted by Crippen LogP contribution is 2.38. The van der Waals surface area contributed by atoms with Crippen LogP contribution in [0.25, 0.3) is 0 Å². The fourth-order valence-corrected chi connectivity index (χ4v) is 6.38. The van der Waals surface area contributed by atoms with Crippen LogP contribution in [0.15, 0.2) is 24.3 Å². The van der Waals surface area contributed by atoms with E-state index in [1.165, 1.54) is 5.56 Å². The van der Waals surface area contributed by atoms with Crippen LogP contribution in [-0.2, 0) is 26.3 Å². The molecule has 0 spiro atoms. The lowest BCUT2D eigenvalue weighted by Crippen LogP contribution is -2.36. The number of benzene rings is 2. The van der Waals surface area contributed by atoms with E-state index in [1.807, 2.05) is 34.0 Å². The van der Waals surface area contributed by atoms with Gasteiger partial charge in [-0.3, -0.25) is 9.59 Å². The third-order valence-electron chi connectivity index (χ3n) is 7.65. The molecule has 4 N–H and O–H groups in total. The molecule has 246 valence electrons. The van der Waals surface area contributed by atoms with E-state index in [1.54, 1.807) is 23.9 Å². The fraction of sp³-hybridized carbons (Fsp3) is 0.588. The lowest BCUT2D eigenvalue weighted by atomic mass is 9.83. The van der Waals surface area contributed by atoms with E-state index in [2.05, 4.69) is 63.7 Å². The summed E-state index contributed by atoms with van der Waals surface area (Å²) in [4.78, 5) is 26.0. The minimum Gasteiger partial charge on any atom is -0.366 e. The average molecular weight is 648 g/mol. The highest BCUT2D eigenvalue weighted by atomic mass is 32.2. The predicted octanol–water partition coefficient (Wildman–Crippen LogP) is 7.31. The van der Waals surface area contributed by atoms with Gasteiger partial charge in [0.2, 0.25) is 11.8 Å². The molecule has 0 saturated heterocycles. The number of carbonyl (C=O) groups excluding carboxylic acids is 2. The first-order chi connectivity index (χ1) is 20.4. The van der Waals surface area contributed by atoms with Crippen LogP contribution in [0.2, 0.25) is 0 Å². The molecule has 0 aromatic heterocycles. The SMILES string of the molecule is CSCCC(N)C(=O)Nc1cc(C(C)C)c(OS(=O)(=O)NC(=O)Cc2c(C(C)C)cc(C(C)C)cc2C(C)C)c(C(C)C)c1. The van der Waals surface area contributed by atoms with Crippen LogP contribution in [0.3, 0.4) is 0 Å². The summed E-state index contributed by atoms with van der Waals surface area (Å²) in [5.41, 5.74) is 11.9. The topological polar surface area (TPSA) is 128 Å². The van der Waals surface area contributed by atoms with Crippen molar-refractivity contribution in [1.82, 2.24) is 4.72 Å². The number of anilines is 1. The van der Waals surface area contributed by atoms with Gasteiger partial charge in [0.1, 0.15) is 0 Å². The van der Waals surface area contributed by atoms with E-state index >= 15 is 0 Å². The molecule has 1 unspecified atom stereocenters. The molecule has 0 heterocycles. The van der Waals surface area contributed by atoms with Gasteiger partial charge in [0.25, 0.3) is 0 Å². The number of thioether (sulfide) groups is 1. The average Bonchev–Trinajstić information content (AvgIpc) is 2.90. The van der Waals surface area contributed by atoms with Crippen molar-refractivity contribution in [3.05, 3.63) is 57.6 Å². The molecule has 0 aliphatic heterocycles. The van der Waals surface area contributed by atoms with Crippen LogP contribution in [0.4, 0.5) is 5.69 Å². The van der Waals surface area contributed by atoms with E-state index in [-0.39, 0.29) is 41.7 Å². The Morgan fingerprint density at radius 2 is 1.27 bits per heavy atom. The molecular formula is C34H53N3O5S2. The normalized spacial score (nSPS) is 12.8. The second-order valence-electron chi connectivity index (χ2n) is 13.1. The van der Waals surface area contributed by atoms with Gasteiger partial charge in [0.15, 0.2) is 5.75 Å². The third kappa shape index (κ3) is 10.2.